The Morgan fingerprint density at radius 2 is 1.80 bits per heavy atom. The van der Waals surface area contributed by atoms with Crippen molar-refractivity contribution in [1.29, 1.82) is 0 Å². The first-order valence-corrected chi connectivity index (χ1v) is 9.05. The smallest absolute Gasteiger partial charge is 0.123 e. The highest BCUT2D eigenvalue weighted by Crippen LogP contribution is 2.18. The molecule has 0 saturated carbocycles. The number of benzene rings is 2. The normalized spacial score (nSPS) is 15.2. The molecule has 0 N–H and O–H groups in total. The summed E-state index contributed by atoms with van der Waals surface area (Å²) in [7, 11) is 0. The lowest BCUT2D eigenvalue weighted by Crippen LogP contribution is -2.48. The number of rotatable bonds is 5. The second-order valence-corrected chi connectivity index (χ2v) is 6.56. The molecule has 2 aromatic carbocycles. The molecule has 0 radical (unpaired) electrons. The number of halogens is 1. The molecule has 1 saturated heterocycles. The highest BCUT2D eigenvalue weighted by atomic mass is 32.1. The van der Waals surface area contributed by atoms with E-state index >= 15 is 0 Å². The van der Waals surface area contributed by atoms with Crippen LogP contribution in [0.4, 0.5) is 4.39 Å². The Balaban J connectivity index is 1.61. The average molecular weight is 358 g/mol. The van der Waals surface area contributed by atoms with E-state index in [4.69, 9.17) is 17.0 Å². The Morgan fingerprint density at radius 3 is 2.48 bits per heavy atom. The van der Waals surface area contributed by atoms with Gasteiger partial charge < -0.3 is 14.5 Å². The van der Waals surface area contributed by atoms with Crippen LogP contribution in [0.25, 0.3) is 0 Å². The molecule has 2 aromatic rings. The van der Waals surface area contributed by atoms with Crippen LogP contribution in [0.15, 0.2) is 48.5 Å². The maximum Gasteiger partial charge on any atom is 0.123 e. The molecule has 1 aliphatic rings. The van der Waals surface area contributed by atoms with Crippen molar-refractivity contribution >= 4 is 17.2 Å². The van der Waals surface area contributed by atoms with Crippen molar-refractivity contribution in [2.45, 2.75) is 13.5 Å². The quantitative estimate of drug-likeness (QED) is 0.757. The van der Waals surface area contributed by atoms with Crippen LogP contribution >= 0.6 is 12.2 Å². The first-order valence-electron chi connectivity index (χ1n) is 8.64. The number of thiocarbonyl (C=S) groups is 1. The summed E-state index contributed by atoms with van der Waals surface area (Å²) >= 11 is 5.68. The predicted molar refractivity (Wildman–Crippen MR) is 103 cm³/mol. The van der Waals surface area contributed by atoms with Crippen LogP contribution in [0.3, 0.4) is 0 Å². The molecule has 3 nitrogen and oxygen atoms in total. The fraction of sp³-hybridized carbons (Fsp3) is 0.350. The summed E-state index contributed by atoms with van der Waals surface area (Å²) in [6, 6.07) is 14.3. The van der Waals surface area contributed by atoms with Crippen molar-refractivity contribution in [3.63, 3.8) is 0 Å². The molecular formula is C20H23FN2OS. The van der Waals surface area contributed by atoms with Crippen molar-refractivity contribution in [3.8, 4) is 5.75 Å². The van der Waals surface area contributed by atoms with Gasteiger partial charge in [0.1, 0.15) is 23.2 Å². The van der Waals surface area contributed by atoms with Gasteiger partial charge in [0.25, 0.3) is 0 Å². The molecule has 1 heterocycles. The number of hydrogen-bond acceptors (Lipinski definition) is 3. The third-order valence-corrected chi connectivity index (χ3v) is 5.00. The van der Waals surface area contributed by atoms with Crippen LogP contribution < -0.4 is 4.74 Å². The predicted octanol–water partition coefficient (Wildman–Crippen LogP) is 3.72. The van der Waals surface area contributed by atoms with Gasteiger partial charge in [0.05, 0.1) is 0 Å². The molecule has 0 atom stereocenters. The summed E-state index contributed by atoms with van der Waals surface area (Å²) in [5.41, 5.74) is 1.95. The lowest BCUT2D eigenvalue weighted by molar-refractivity contribution is 0.192. The van der Waals surface area contributed by atoms with Crippen LogP contribution in [-0.2, 0) is 6.61 Å². The van der Waals surface area contributed by atoms with Gasteiger partial charge in [0.2, 0.25) is 0 Å². The zero-order chi connectivity index (χ0) is 17.6. The van der Waals surface area contributed by atoms with Gasteiger partial charge in [-0.15, -0.1) is 0 Å². The van der Waals surface area contributed by atoms with E-state index in [-0.39, 0.29) is 5.82 Å². The van der Waals surface area contributed by atoms with Gasteiger partial charge >= 0.3 is 0 Å². The van der Waals surface area contributed by atoms with Crippen molar-refractivity contribution in [2.24, 2.45) is 0 Å². The minimum atomic E-state index is -0.237. The molecule has 0 spiro atoms. The number of likely N-dealkylation sites (N-methyl/N-ethyl adjacent to an activating group) is 1. The molecular weight excluding hydrogens is 335 g/mol. The van der Waals surface area contributed by atoms with Gasteiger partial charge in [-0.1, -0.05) is 43.4 Å². The summed E-state index contributed by atoms with van der Waals surface area (Å²) in [6.07, 6.45) is 0. The Morgan fingerprint density at radius 1 is 1.08 bits per heavy atom. The van der Waals surface area contributed by atoms with E-state index in [0.29, 0.717) is 6.61 Å². The molecule has 1 fully saturated rings. The maximum absolute atomic E-state index is 13.0. The molecule has 132 valence electrons. The van der Waals surface area contributed by atoms with E-state index in [1.807, 2.05) is 24.3 Å². The second kappa shape index (κ2) is 8.41. The van der Waals surface area contributed by atoms with Gasteiger partial charge in [-0.25, -0.2) is 4.39 Å². The Bertz CT molecular complexity index is 712. The maximum atomic E-state index is 13.0. The third kappa shape index (κ3) is 4.77. The van der Waals surface area contributed by atoms with Crippen LogP contribution in [0, 0.1) is 5.82 Å². The number of piperazine rings is 1. The Kier molecular flexibility index (Phi) is 6.00. The van der Waals surface area contributed by atoms with Crippen LogP contribution in [0.5, 0.6) is 5.75 Å². The first kappa shape index (κ1) is 17.8. The van der Waals surface area contributed by atoms with E-state index in [9.17, 15) is 4.39 Å². The van der Waals surface area contributed by atoms with Gasteiger partial charge in [0, 0.05) is 31.7 Å². The number of hydrogen-bond donors (Lipinski definition) is 0. The lowest BCUT2D eigenvalue weighted by atomic mass is 10.2. The fourth-order valence-corrected chi connectivity index (χ4v) is 3.23. The molecule has 0 unspecified atom stereocenters. The third-order valence-electron chi connectivity index (χ3n) is 4.51. The topological polar surface area (TPSA) is 15.7 Å². The largest absolute Gasteiger partial charge is 0.489 e. The monoisotopic (exact) mass is 358 g/mol. The standard InChI is InChI=1S/C20H23FN2OS/c1-2-22-10-12-23(13-11-22)20(25)17-4-3-5-19(14-17)24-15-16-6-8-18(21)9-7-16/h3-9,14H,2,10-13,15H2,1H3. The van der Waals surface area contributed by atoms with E-state index in [0.717, 1.165) is 54.6 Å². The van der Waals surface area contributed by atoms with E-state index in [2.05, 4.69) is 16.7 Å². The van der Waals surface area contributed by atoms with E-state index in [1.54, 1.807) is 12.1 Å². The van der Waals surface area contributed by atoms with Gasteiger partial charge in [-0.2, -0.15) is 0 Å². The van der Waals surface area contributed by atoms with Crippen LogP contribution in [0.1, 0.15) is 18.1 Å². The molecule has 0 aliphatic carbocycles. The van der Waals surface area contributed by atoms with Crippen molar-refractivity contribution in [3.05, 3.63) is 65.5 Å². The van der Waals surface area contributed by atoms with E-state index in [1.165, 1.54) is 12.1 Å². The average Bonchev–Trinajstić information content (AvgIpc) is 2.67. The summed E-state index contributed by atoms with van der Waals surface area (Å²) in [4.78, 5) is 5.57. The van der Waals surface area contributed by atoms with Gasteiger partial charge in [-0.3, -0.25) is 0 Å². The Hall–Kier alpha value is -1.98. The second-order valence-electron chi connectivity index (χ2n) is 6.17. The Labute approximate surface area is 154 Å². The SMILES string of the molecule is CCN1CCN(C(=S)c2cccc(OCc3ccc(F)cc3)c2)CC1. The highest BCUT2D eigenvalue weighted by Gasteiger charge is 2.18. The minimum Gasteiger partial charge on any atom is -0.489 e. The minimum absolute atomic E-state index is 0.237. The molecule has 0 amide bonds. The summed E-state index contributed by atoms with van der Waals surface area (Å²) in [5.74, 6) is 0.538. The summed E-state index contributed by atoms with van der Waals surface area (Å²) < 4.78 is 18.8. The molecule has 0 aromatic heterocycles. The zero-order valence-corrected chi connectivity index (χ0v) is 15.3. The number of nitrogens with zero attached hydrogens (tertiary/aromatic N) is 2. The fourth-order valence-electron chi connectivity index (χ4n) is 2.92. The molecule has 3 rings (SSSR count). The molecule has 0 bridgehead atoms. The van der Waals surface area contributed by atoms with Crippen LogP contribution in [0.2, 0.25) is 0 Å². The molecule has 5 heteroatoms. The molecule has 25 heavy (non-hydrogen) atoms. The van der Waals surface area contributed by atoms with Crippen LogP contribution in [-0.4, -0.2) is 47.5 Å². The summed E-state index contributed by atoms with van der Waals surface area (Å²) in [6.45, 7) is 7.73. The van der Waals surface area contributed by atoms with E-state index < -0.39 is 0 Å². The van der Waals surface area contributed by atoms with Crippen molar-refractivity contribution < 1.29 is 9.13 Å². The van der Waals surface area contributed by atoms with Gasteiger partial charge in [-0.05, 0) is 36.4 Å². The zero-order valence-electron chi connectivity index (χ0n) is 14.5. The number of ether oxygens (including phenoxy) is 1. The first-order chi connectivity index (χ1) is 12.2. The lowest BCUT2D eigenvalue weighted by Gasteiger charge is -2.35. The van der Waals surface area contributed by atoms with Crippen molar-refractivity contribution in [2.75, 3.05) is 32.7 Å². The summed E-state index contributed by atoms with van der Waals surface area (Å²) in [5, 5.41) is 0. The van der Waals surface area contributed by atoms with Crippen molar-refractivity contribution in [1.82, 2.24) is 9.80 Å². The van der Waals surface area contributed by atoms with Gasteiger partial charge in [0.15, 0.2) is 0 Å². The molecule has 1 aliphatic heterocycles. The highest BCUT2D eigenvalue weighted by molar-refractivity contribution is 7.80.